The second-order valence-corrected chi connectivity index (χ2v) is 4.67. The number of ether oxygens (including phenoxy) is 1. The van der Waals surface area contributed by atoms with Gasteiger partial charge in [-0.05, 0) is 6.07 Å². The first kappa shape index (κ1) is 20.0. The first-order valence-corrected chi connectivity index (χ1v) is 6.99. The lowest BCUT2D eigenvalue weighted by Crippen LogP contribution is -2.18. The molecule has 10 heteroatoms. The zero-order valence-electron chi connectivity index (χ0n) is 13.4. The lowest BCUT2D eigenvalue weighted by molar-refractivity contribution is -0.385. The largest absolute Gasteiger partial charge is 0.478 e. The summed E-state index contributed by atoms with van der Waals surface area (Å²) in [6.07, 6.45) is -1.53. The highest BCUT2D eigenvalue weighted by Crippen LogP contribution is 2.27. The van der Waals surface area contributed by atoms with Gasteiger partial charge in [0.1, 0.15) is 5.75 Å². The molecule has 0 aliphatic carbocycles. The van der Waals surface area contributed by atoms with Crippen LogP contribution in [-0.4, -0.2) is 20.9 Å². The van der Waals surface area contributed by atoms with Gasteiger partial charge in [0.05, 0.1) is 22.0 Å². The molecule has 2 rings (SSSR count). The van der Waals surface area contributed by atoms with Crippen LogP contribution in [-0.2, 0) is 4.79 Å². The van der Waals surface area contributed by atoms with Crippen LogP contribution in [0.15, 0.2) is 48.5 Å². The number of nitriles is 1. The van der Waals surface area contributed by atoms with Crippen LogP contribution in [0.1, 0.15) is 18.6 Å². The highest BCUT2D eigenvalue weighted by molar-refractivity contribution is 5.75. The lowest BCUT2D eigenvalue weighted by atomic mass is 10.1. The molecule has 0 saturated heterocycles. The predicted molar refractivity (Wildman–Crippen MR) is 88.5 cm³/mol. The summed E-state index contributed by atoms with van der Waals surface area (Å²) in [5.41, 5.74) is -0.486. The van der Waals surface area contributed by atoms with Crippen molar-refractivity contribution in [1.29, 1.82) is 5.26 Å². The Kier molecular flexibility index (Phi) is 7.20. The summed E-state index contributed by atoms with van der Waals surface area (Å²) in [6.45, 7) is 1.43. The molecule has 2 aromatic carbocycles. The van der Waals surface area contributed by atoms with Gasteiger partial charge in [-0.3, -0.25) is 20.2 Å². The molecule has 134 valence electrons. The van der Waals surface area contributed by atoms with Gasteiger partial charge in [-0.2, -0.15) is 5.26 Å². The first-order valence-electron chi connectivity index (χ1n) is 6.99. The third kappa shape index (κ3) is 5.57. The van der Waals surface area contributed by atoms with Gasteiger partial charge in [0.25, 0.3) is 11.4 Å². The number of benzene rings is 2. The Hall–Kier alpha value is -4.00. The number of carboxylic acids is 1. The number of rotatable bonds is 6. The fourth-order valence-electron chi connectivity index (χ4n) is 1.87. The second-order valence-electron chi connectivity index (χ2n) is 4.67. The number of aliphatic carboxylic acids is 1. The number of hydrogen-bond donors (Lipinski definition) is 1. The van der Waals surface area contributed by atoms with Crippen LogP contribution in [0.5, 0.6) is 5.75 Å². The topological polar surface area (TPSA) is 157 Å². The average Bonchev–Trinajstić information content (AvgIpc) is 2.60. The Labute approximate surface area is 147 Å². The van der Waals surface area contributed by atoms with Gasteiger partial charge in [0, 0.05) is 30.7 Å². The van der Waals surface area contributed by atoms with E-state index >= 15 is 0 Å². The Morgan fingerprint density at radius 1 is 1.12 bits per heavy atom. The summed E-state index contributed by atoms with van der Waals surface area (Å²) in [6, 6.07) is 11.8. The summed E-state index contributed by atoms with van der Waals surface area (Å²) >= 11 is 0. The molecule has 0 fully saturated rings. The van der Waals surface area contributed by atoms with Crippen LogP contribution in [0, 0.1) is 31.6 Å². The van der Waals surface area contributed by atoms with Crippen molar-refractivity contribution >= 4 is 17.3 Å². The summed E-state index contributed by atoms with van der Waals surface area (Å²) < 4.78 is 5.26. The maximum atomic E-state index is 11.4. The van der Waals surface area contributed by atoms with Crippen LogP contribution in [0.2, 0.25) is 0 Å². The minimum Gasteiger partial charge on any atom is -0.478 e. The Bertz CT molecular complexity index is 861. The molecular formula is C16H13N3O7. The van der Waals surface area contributed by atoms with Crippen molar-refractivity contribution in [1.82, 2.24) is 0 Å². The normalized spacial score (nSPS) is 10.5. The zero-order chi connectivity index (χ0) is 19.7. The van der Waals surface area contributed by atoms with Gasteiger partial charge in [-0.15, -0.1) is 0 Å². The lowest BCUT2D eigenvalue weighted by Gasteiger charge is -2.15. The van der Waals surface area contributed by atoms with Gasteiger partial charge in [-0.1, -0.05) is 18.2 Å². The zero-order valence-corrected chi connectivity index (χ0v) is 13.4. The second kappa shape index (κ2) is 9.33. The van der Waals surface area contributed by atoms with Crippen molar-refractivity contribution in [3.05, 3.63) is 74.3 Å². The van der Waals surface area contributed by atoms with Crippen molar-refractivity contribution in [2.75, 3.05) is 0 Å². The van der Waals surface area contributed by atoms with E-state index in [1.165, 1.54) is 43.3 Å². The molecule has 2 aromatic rings. The summed E-state index contributed by atoms with van der Waals surface area (Å²) in [5.74, 6) is -1.41. The van der Waals surface area contributed by atoms with E-state index in [9.17, 15) is 30.1 Å². The number of nitrogens with zero attached hydrogens (tertiary/aromatic N) is 3. The third-order valence-electron chi connectivity index (χ3n) is 2.89. The van der Waals surface area contributed by atoms with Crippen LogP contribution >= 0.6 is 0 Å². The van der Waals surface area contributed by atoms with Crippen molar-refractivity contribution < 1.29 is 24.5 Å². The summed E-state index contributed by atoms with van der Waals surface area (Å²) in [7, 11) is 0. The molecular weight excluding hydrogens is 346 g/mol. The fourth-order valence-corrected chi connectivity index (χ4v) is 1.87. The van der Waals surface area contributed by atoms with E-state index < -0.39 is 21.9 Å². The molecule has 1 unspecified atom stereocenters. The van der Waals surface area contributed by atoms with E-state index in [2.05, 4.69) is 0 Å². The molecule has 0 spiro atoms. The molecule has 0 saturated carbocycles. The Balaban J connectivity index is 0.00000105. The highest BCUT2D eigenvalue weighted by Gasteiger charge is 2.24. The Morgan fingerprint density at radius 2 is 1.62 bits per heavy atom. The molecule has 1 atom stereocenters. The molecule has 0 radical (unpaired) electrons. The fraction of sp³-hybridized carbons (Fsp3) is 0.125. The molecule has 0 aliphatic heterocycles. The standard InChI is InChI=1S/C14H10N2O7.C2H3N/c17-14(18)13(9-3-1-4-10(7-9)15(19)20)23-12-6-2-5-11(8-12)16(21)22;1-2-3/h1-8,13H,(H,17,18);1H3. The van der Waals surface area contributed by atoms with Crippen molar-refractivity contribution in [3.63, 3.8) is 0 Å². The number of nitro benzene ring substituents is 2. The molecule has 0 aromatic heterocycles. The van der Waals surface area contributed by atoms with Crippen LogP contribution < -0.4 is 4.74 Å². The predicted octanol–water partition coefficient (Wildman–Crippen LogP) is 3.24. The number of carbonyl (C=O) groups is 1. The van der Waals surface area contributed by atoms with Crippen LogP contribution in [0.3, 0.4) is 0 Å². The first-order chi connectivity index (χ1) is 12.3. The Morgan fingerprint density at radius 3 is 2.12 bits per heavy atom. The minimum absolute atomic E-state index is 0.0295. The van der Waals surface area contributed by atoms with E-state index in [1.54, 1.807) is 6.07 Å². The number of carboxylic acid groups (broad SMARTS) is 1. The van der Waals surface area contributed by atoms with Crippen molar-refractivity contribution in [2.24, 2.45) is 0 Å². The maximum absolute atomic E-state index is 11.4. The summed E-state index contributed by atoms with van der Waals surface area (Å²) in [5, 5.41) is 38.1. The van der Waals surface area contributed by atoms with E-state index in [1.807, 2.05) is 0 Å². The third-order valence-corrected chi connectivity index (χ3v) is 2.89. The van der Waals surface area contributed by atoms with Gasteiger partial charge in [-0.25, -0.2) is 4.79 Å². The molecule has 26 heavy (non-hydrogen) atoms. The smallest absolute Gasteiger partial charge is 0.349 e. The van der Waals surface area contributed by atoms with Crippen LogP contribution in [0.4, 0.5) is 11.4 Å². The highest BCUT2D eigenvalue weighted by atomic mass is 16.6. The van der Waals surface area contributed by atoms with E-state index in [4.69, 9.17) is 10.00 Å². The number of non-ortho nitro benzene ring substituents is 2. The van der Waals surface area contributed by atoms with Gasteiger partial charge >= 0.3 is 5.97 Å². The average molecular weight is 359 g/mol. The number of hydrogen-bond acceptors (Lipinski definition) is 7. The molecule has 10 nitrogen and oxygen atoms in total. The number of nitro groups is 2. The SMILES string of the molecule is CC#N.O=C(O)C(Oc1cccc([N+](=O)[O-])c1)c1cccc([N+](=O)[O-])c1. The molecule has 0 bridgehead atoms. The maximum Gasteiger partial charge on any atom is 0.349 e. The minimum atomic E-state index is -1.53. The van der Waals surface area contributed by atoms with E-state index in [-0.39, 0.29) is 22.7 Å². The monoisotopic (exact) mass is 359 g/mol. The van der Waals surface area contributed by atoms with Gasteiger partial charge in [0.15, 0.2) is 0 Å². The molecule has 0 amide bonds. The molecule has 1 N–H and O–H groups in total. The quantitative estimate of drug-likeness (QED) is 0.608. The summed E-state index contributed by atoms with van der Waals surface area (Å²) in [4.78, 5) is 31.6. The van der Waals surface area contributed by atoms with Gasteiger partial charge < -0.3 is 9.84 Å². The van der Waals surface area contributed by atoms with E-state index in [0.717, 1.165) is 12.1 Å². The van der Waals surface area contributed by atoms with Crippen LogP contribution in [0.25, 0.3) is 0 Å². The van der Waals surface area contributed by atoms with E-state index in [0.29, 0.717) is 0 Å². The van der Waals surface area contributed by atoms with Crippen molar-refractivity contribution in [2.45, 2.75) is 13.0 Å². The molecule has 0 aliphatic rings. The molecule has 0 heterocycles. The van der Waals surface area contributed by atoms with Crippen molar-refractivity contribution in [3.8, 4) is 11.8 Å². The van der Waals surface area contributed by atoms with Gasteiger partial charge in [0.2, 0.25) is 6.10 Å².